The summed E-state index contributed by atoms with van der Waals surface area (Å²) in [7, 11) is 4.05. The van der Waals surface area contributed by atoms with Crippen LogP contribution in [0.4, 0.5) is 5.69 Å². The van der Waals surface area contributed by atoms with Crippen LogP contribution in [0.1, 0.15) is 61.5 Å². The molecular weight excluding hydrogens is 262 g/mol. The average molecular weight is 291 g/mol. The third kappa shape index (κ3) is 4.76. The molecule has 0 aliphatic carbocycles. The molecule has 118 valence electrons. The summed E-state index contributed by atoms with van der Waals surface area (Å²) in [5.41, 5.74) is 3.90. The van der Waals surface area contributed by atoms with Crippen molar-refractivity contribution in [2.75, 3.05) is 19.0 Å². The number of hydrogen-bond donors (Lipinski definition) is 1. The Morgan fingerprint density at radius 3 is 2.33 bits per heavy atom. The van der Waals surface area contributed by atoms with Gasteiger partial charge in [-0.05, 0) is 54.9 Å². The number of rotatable bonds is 8. The fourth-order valence-electron chi connectivity index (χ4n) is 2.65. The normalized spacial score (nSPS) is 11.0. The average Bonchev–Trinajstić information content (AvgIpc) is 2.41. The smallest absolute Gasteiger partial charge is 0.335 e. The number of carboxylic acids is 1. The summed E-state index contributed by atoms with van der Waals surface area (Å²) >= 11 is 0. The zero-order valence-corrected chi connectivity index (χ0v) is 14.1. The highest BCUT2D eigenvalue weighted by Crippen LogP contribution is 2.29. The maximum Gasteiger partial charge on any atom is 0.335 e. The molecule has 1 N–H and O–H groups in total. The molecular formula is C18H29NO2. The van der Waals surface area contributed by atoms with Crippen molar-refractivity contribution in [1.82, 2.24) is 0 Å². The van der Waals surface area contributed by atoms with Gasteiger partial charge in [-0.1, -0.05) is 27.2 Å². The molecule has 0 fully saturated rings. The Morgan fingerprint density at radius 1 is 1.19 bits per heavy atom. The Balaban J connectivity index is 3.33. The van der Waals surface area contributed by atoms with E-state index in [0.717, 1.165) is 43.4 Å². The van der Waals surface area contributed by atoms with E-state index in [4.69, 9.17) is 0 Å². The summed E-state index contributed by atoms with van der Waals surface area (Å²) in [4.78, 5) is 13.7. The molecule has 0 aromatic heterocycles. The van der Waals surface area contributed by atoms with Crippen LogP contribution in [-0.4, -0.2) is 25.2 Å². The monoisotopic (exact) mass is 291 g/mol. The lowest BCUT2D eigenvalue weighted by Gasteiger charge is -2.22. The number of carboxylic acid groups (broad SMARTS) is 1. The van der Waals surface area contributed by atoms with Gasteiger partial charge in [-0.25, -0.2) is 4.79 Å². The van der Waals surface area contributed by atoms with Crippen molar-refractivity contribution in [1.29, 1.82) is 0 Å². The number of nitrogens with zero attached hydrogens (tertiary/aromatic N) is 1. The predicted octanol–water partition coefficient (Wildman–Crippen LogP) is 4.38. The molecule has 21 heavy (non-hydrogen) atoms. The molecule has 0 aliphatic heterocycles. The summed E-state index contributed by atoms with van der Waals surface area (Å²) in [6.45, 7) is 6.54. The molecule has 0 heterocycles. The van der Waals surface area contributed by atoms with Crippen LogP contribution in [0.3, 0.4) is 0 Å². The van der Waals surface area contributed by atoms with Gasteiger partial charge in [0, 0.05) is 19.8 Å². The van der Waals surface area contributed by atoms with E-state index in [0.29, 0.717) is 11.5 Å². The molecule has 0 unspecified atom stereocenters. The maximum absolute atomic E-state index is 11.6. The highest BCUT2D eigenvalue weighted by atomic mass is 16.4. The zero-order chi connectivity index (χ0) is 16.0. The van der Waals surface area contributed by atoms with Gasteiger partial charge >= 0.3 is 5.97 Å². The van der Waals surface area contributed by atoms with Crippen LogP contribution in [0.15, 0.2) is 12.1 Å². The van der Waals surface area contributed by atoms with E-state index >= 15 is 0 Å². The number of carbonyl (C=O) groups is 1. The van der Waals surface area contributed by atoms with Crippen LogP contribution in [0.25, 0.3) is 0 Å². The fourth-order valence-corrected chi connectivity index (χ4v) is 2.65. The number of unbranched alkanes of at least 4 members (excludes halogenated alkanes) is 1. The van der Waals surface area contributed by atoms with E-state index in [1.54, 1.807) is 6.07 Å². The van der Waals surface area contributed by atoms with Gasteiger partial charge in [0.25, 0.3) is 0 Å². The first-order valence-corrected chi connectivity index (χ1v) is 7.93. The van der Waals surface area contributed by atoms with Crippen molar-refractivity contribution in [3.8, 4) is 0 Å². The Morgan fingerprint density at radius 2 is 1.86 bits per heavy atom. The van der Waals surface area contributed by atoms with Crippen LogP contribution in [0, 0.1) is 5.92 Å². The summed E-state index contributed by atoms with van der Waals surface area (Å²) in [6.07, 6.45) is 5.04. The topological polar surface area (TPSA) is 40.5 Å². The second-order valence-electron chi connectivity index (χ2n) is 6.33. The number of benzene rings is 1. The van der Waals surface area contributed by atoms with Gasteiger partial charge in [0.15, 0.2) is 0 Å². The molecule has 0 spiro atoms. The van der Waals surface area contributed by atoms with Gasteiger partial charge in [-0.15, -0.1) is 0 Å². The van der Waals surface area contributed by atoms with E-state index in [1.807, 2.05) is 20.2 Å². The quantitative estimate of drug-likeness (QED) is 0.772. The van der Waals surface area contributed by atoms with Crippen LogP contribution in [-0.2, 0) is 12.8 Å². The number of hydrogen-bond acceptors (Lipinski definition) is 2. The number of aromatic carboxylic acids is 1. The first-order valence-electron chi connectivity index (χ1n) is 7.93. The van der Waals surface area contributed by atoms with Crippen molar-refractivity contribution in [3.05, 3.63) is 28.8 Å². The molecule has 1 rings (SSSR count). The molecule has 0 saturated carbocycles. The molecule has 0 atom stereocenters. The first-order chi connectivity index (χ1) is 9.88. The van der Waals surface area contributed by atoms with E-state index in [1.165, 1.54) is 5.56 Å². The zero-order valence-electron chi connectivity index (χ0n) is 14.1. The fraction of sp³-hybridized carbons (Fsp3) is 0.611. The highest BCUT2D eigenvalue weighted by molar-refractivity contribution is 5.91. The Labute approximate surface area is 129 Å². The summed E-state index contributed by atoms with van der Waals surface area (Å²) in [5, 5.41) is 9.50. The van der Waals surface area contributed by atoms with Crippen molar-refractivity contribution in [2.45, 2.75) is 52.9 Å². The lowest BCUT2D eigenvalue weighted by Crippen LogP contribution is -2.16. The molecule has 0 aliphatic rings. The van der Waals surface area contributed by atoms with E-state index in [2.05, 4.69) is 25.7 Å². The summed E-state index contributed by atoms with van der Waals surface area (Å²) in [6, 6.07) is 3.72. The van der Waals surface area contributed by atoms with Crippen LogP contribution < -0.4 is 4.90 Å². The largest absolute Gasteiger partial charge is 0.478 e. The minimum absolute atomic E-state index is 0.479. The van der Waals surface area contributed by atoms with Gasteiger partial charge in [0.1, 0.15) is 0 Å². The number of anilines is 1. The molecule has 0 radical (unpaired) electrons. The summed E-state index contributed by atoms with van der Waals surface area (Å²) in [5.74, 6) is -0.231. The molecule has 1 aromatic carbocycles. The van der Waals surface area contributed by atoms with E-state index in [9.17, 15) is 9.90 Å². The van der Waals surface area contributed by atoms with E-state index < -0.39 is 5.97 Å². The third-order valence-electron chi connectivity index (χ3n) is 3.87. The second kappa shape index (κ2) is 8.06. The van der Waals surface area contributed by atoms with Gasteiger partial charge in [-0.2, -0.15) is 0 Å². The van der Waals surface area contributed by atoms with Gasteiger partial charge in [0.2, 0.25) is 0 Å². The minimum atomic E-state index is -0.809. The molecule has 3 heteroatoms. The standard InChI is InChI=1S/C18H29NO2/c1-6-7-8-15-14(10-9-13(2)3)16(18(20)21)11-12-17(15)19(4)5/h11-13H,6-10H2,1-5H3,(H,20,21). The van der Waals surface area contributed by atoms with Crippen LogP contribution in [0.2, 0.25) is 0 Å². The van der Waals surface area contributed by atoms with E-state index in [-0.39, 0.29) is 0 Å². The molecule has 0 saturated heterocycles. The second-order valence-corrected chi connectivity index (χ2v) is 6.33. The first kappa shape index (κ1) is 17.5. The Kier molecular flexibility index (Phi) is 6.73. The van der Waals surface area contributed by atoms with Crippen LogP contribution >= 0.6 is 0 Å². The predicted molar refractivity (Wildman–Crippen MR) is 89.5 cm³/mol. The Bertz CT molecular complexity index is 478. The molecule has 0 bridgehead atoms. The molecule has 3 nitrogen and oxygen atoms in total. The SMILES string of the molecule is CCCCc1c(N(C)C)ccc(C(=O)O)c1CCC(C)C. The third-order valence-corrected chi connectivity index (χ3v) is 3.87. The molecule has 0 amide bonds. The van der Waals surface area contributed by atoms with Crippen molar-refractivity contribution >= 4 is 11.7 Å². The van der Waals surface area contributed by atoms with Gasteiger partial charge in [-0.3, -0.25) is 0 Å². The van der Waals surface area contributed by atoms with Crippen LogP contribution in [0.5, 0.6) is 0 Å². The van der Waals surface area contributed by atoms with Crippen molar-refractivity contribution in [2.24, 2.45) is 5.92 Å². The lowest BCUT2D eigenvalue weighted by molar-refractivity contribution is 0.0695. The summed E-state index contributed by atoms with van der Waals surface area (Å²) < 4.78 is 0. The highest BCUT2D eigenvalue weighted by Gasteiger charge is 2.18. The van der Waals surface area contributed by atoms with Gasteiger partial charge in [0.05, 0.1) is 5.56 Å². The van der Waals surface area contributed by atoms with Crippen molar-refractivity contribution < 1.29 is 9.90 Å². The Hall–Kier alpha value is -1.51. The minimum Gasteiger partial charge on any atom is -0.478 e. The molecule has 1 aromatic rings. The maximum atomic E-state index is 11.6. The van der Waals surface area contributed by atoms with Crippen molar-refractivity contribution in [3.63, 3.8) is 0 Å². The lowest BCUT2D eigenvalue weighted by atomic mass is 9.90. The van der Waals surface area contributed by atoms with Gasteiger partial charge < -0.3 is 10.0 Å².